The number of urea groups is 1. The van der Waals surface area contributed by atoms with Crippen molar-refractivity contribution in [1.29, 1.82) is 0 Å². The average molecular weight is 321 g/mol. The third-order valence-corrected chi connectivity index (χ3v) is 3.22. The molecule has 1 unspecified atom stereocenters. The fourth-order valence-corrected chi connectivity index (χ4v) is 2.12. The summed E-state index contributed by atoms with van der Waals surface area (Å²) >= 11 is 0. The van der Waals surface area contributed by atoms with Crippen LogP contribution in [-0.4, -0.2) is 38.2 Å². The maximum absolute atomic E-state index is 11.9. The average Bonchev–Trinajstić information content (AvgIpc) is 2.50. The zero-order valence-corrected chi connectivity index (χ0v) is 14.3. The van der Waals surface area contributed by atoms with Crippen LogP contribution in [0, 0.1) is 12.8 Å². The first-order valence-electron chi connectivity index (χ1n) is 7.87. The molecule has 0 heterocycles. The van der Waals surface area contributed by atoms with Gasteiger partial charge in [0.2, 0.25) is 5.91 Å². The second kappa shape index (κ2) is 9.71. The minimum Gasteiger partial charge on any atom is -0.492 e. The van der Waals surface area contributed by atoms with E-state index in [1.54, 1.807) is 7.05 Å². The molecule has 1 rings (SSSR count). The third kappa shape index (κ3) is 7.54. The molecule has 0 aliphatic carbocycles. The van der Waals surface area contributed by atoms with E-state index in [-0.39, 0.29) is 11.9 Å². The molecule has 0 bridgehead atoms. The van der Waals surface area contributed by atoms with Crippen LogP contribution in [0.1, 0.15) is 25.8 Å². The molecule has 0 saturated heterocycles. The van der Waals surface area contributed by atoms with Crippen molar-refractivity contribution in [1.82, 2.24) is 16.0 Å². The summed E-state index contributed by atoms with van der Waals surface area (Å²) in [5, 5.41) is 7.95. The van der Waals surface area contributed by atoms with E-state index in [9.17, 15) is 9.59 Å². The Morgan fingerprint density at radius 2 is 2.00 bits per heavy atom. The van der Waals surface area contributed by atoms with Gasteiger partial charge in [0, 0.05) is 7.05 Å². The molecule has 23 heavy (non-hydrogen) atoms. The van der Waals surface area contributed by atoms with Crippen LogP contribution >= 0.6 is 0 Å². The second-order valence-corrected chi connectivity index (χ2v) is 5.86. The number of carbonyl (C=O) groups excluding carboxylic acids is 2. The van der Waals surface area contributed by atoms with Gasteiger partial charge in [-0.2, -0.15) is 0 Å². The lowest BCUT2D eigenvalue weighted by Gasteiger charge is -2.19. The summed E-state index contributed by atoms with van der Waals surface area (Å²) in [7, 11) is 1.56. The Balaban J connectivity index is 2.33. The predicted octanol–water partition coefficient (Wildman–Crippen LogP) is 1.83. The molecule has 0 saturated carbocycles. The summed E-state index contributed by atoms with van der Waals surface area (Å²) in [6, 6.07) is 6.82. The van der Waals surface area contributed by atoms with Gasteiger partial charge in [-0.15, -0.1) is 0 Å². The number of benzene rings is 1. The molecule has 0 radical (unpaired) electrons. The van der Waals surface area contributed by atoms with Crippen molar-refractivity contribution < 1.29 is 14.3 Å². The highest BCUT2D eigenvalue weighted by molar-refractivity contribution is 5.86. The fraction of sp³-hybridized carbons (Fsp3) is 0.529. The van der Waals surface area contributed by atoms with Crippen LogP contribution in [-0.2, 0) is 4.79 Å². The van der Waals surface area contributed by atoms with Gasteiger partial charge in [-0.25, -0.2) is 4.79 Å². The quantitative estimate of drug-likeness (QED) is 0.639. The lowest BCUT2D eigenvalue weighted by Crippen LogP contribution is -2.50. The Hall–Kier alpha value is -2.24. The van der Waals surface area contributed by atoms with E-state index in [0.717, 1.165) is 11.3 Å². The monoisotopic (exact) mass is 321 g/mol. The molecule has 0 fully saturated rings. The number of carbonyl (C=O) groups is 2. The molecule has 3 N–H and O–H groups in total. The SMILES string of the molecule is CNC(=O)C(CC(C)C)NC(=O)NCCOc1cccc(C)c1. The first kappa shape index (κ1) is 18.8. The van der Waals surface area contributed by atoms with Crippen molar-refractivity contribution in [3.05, 3.63) is 29.8 Å². The molecule has 3 amide bonds. The Morgan fingerprint density at radius 1 is 1.26 bits per heavy atom. The predicted molar refractivity (Wildman–Crippen MR) is 90.5 cm³/mol. The molecule has 0 spiro atoms. The lowest BCUT2D eigenvalue weighted by atomic mass is 10.0. The third-order valence-electron chi connectivity index (χ3n) is 3.22. The smallest absolute Gasteiger partial charge is 0.315 e. The highest BCUT2D eigenvalue weighted by Gasteiger charge is 2.20. The largest absolute Gasteiger partial charge is 0.492 e. The minimum absolute atomic E-state index is 0.190. The van der Waals surface area contributed by atoms with Crippen molar-refractivity contribution in [3.8, 4) is 5.75 Å². The number of ether oxygens (including phenoxy) is 1. The topological polar surface area (TPSA) is 79.5 Å². The van der Waals surface area contributed by atoms with Crippen LogP contribution in [0.3, 0.4) is 0 Å². The summed E-state index contributed by atoms with van der Waals surface area (Å²) in [6.45, 7) is 6.73. The van der Waals surface area contributed by atoms with E-state index < -0.39 is 6.04 Å². The van der Waals surface area contributed by atoms with Crippen LogP contribution in [0.25, 0.3) is 0 Å². The Kier molecular flexibility index (Phi) is 7.94. The summed E-state index contributed by atoms with van der Waals surface area (Å²) in [6.07, 6.45) is 0.590. The standard InChI is InChI=1S/C17H27N3O3/c1-12(2)10-15(16(21)18-4)20-17(22)19-8-9-23-14-7-5-6-13(3)11-14/h5-7,11-12,15H,8-10H2,1-4H3,(H,18,21)(H2,19,20,22). The van der Waals surface area contributed by atoms with Crippen molar-refractivity contribution in [3.63, 3.8) is 0 Å². The number of aryl methyl sites for hydroxylation is 1. The van der Waals surface area contributed by atoms with Crippen LogP contribution in [0.2, 0.25) is 0 Å². The molecule has 0 aromatic heterocycles. The zero-order valence-electron chi connectivity index (χ0n) is 14.3. The molecule has 0 aliphatic rings. The Labute approximate surface area is 138 Å². The molecular formula is C17H27N3O3. The Morgan fingerprint density at radius 3 is 2.61 bits per heavy atom. The molecule has 6 heteroatoms. The maximum atomic E-state index is 11.9. The molecule has 6 nitrogen and oxygen atoms in total. The van der Waals surface area contributed by atoms with Crippen molar-refractivity contribution in [2.75, 3.05) is 20.2 Å². The summed E-state index contributed by atoms with van der Waals surface area (Å²) < 4.78 is 5.55. The van der Waals surface area contributed by atoms with Crippen molar-refractivity contribution in [2.24, 2.45) is 5.92 Å². The second-order valence-electron chi connectivity index (χ2n) is 5.86. The van der Waals surface area contributed by atoms with E-state index in [0.29, 0.717) is 25.5 Å². The van der Waals surface area contributed by atoms with Crippen molar-refractivity contribution >= 4 is 11.9 Å². The normalized spacial score (nSPS) is 11.7. The first-order valence-corrected chi connectivity index (χ1v) is 7.87. The van der Waals surface area contributed by atoms with Gasteiger partial charge in [0.25, 0.3) is 0 Å². The molecule has 0 aliphatic heterocycles. The van der Waals surface area contributed by atoms with E-state index in [2.05, 4.69) is 16.0 Å². The number of hydrogen-bond donors (Lipinski definition) is 3. The van der Waals surface area contributed by atoms with Gasteiger partial charge in [-0.1, -0.05) is 26.0 Å². The molecule has 1 aromatic rings. The van der Waals surface area contributed by atoms with Gasteiger partial charge in [0.1, 0.15) is 18.4 Å². The van der Waals surface area contributed by atoms with Gasteiger partial charge in [-0.05, 0) is 37.0 Å². The fourth-order valence-electron chi connectivity index (χ4n) is 2.12. The lowest BCUT2D eigenvalue weighted by molar-refractivity contribution is -0.122. The molecule has 1 atom stereocenters. The number of amides is 3. The van der Waals surface area contributed by atoms with Gasteiger partial charge in [0.05, 0.1) is 6.54 Å². The van der Waals surface area contributed by atoms with Crippen molar-refractivity contribution in [2.45, 2.75) is 33.2 Å². The molecule has 128 valence electrons. The highest BCUT2D eigenvalue weighted by Crippen LogP contribution is 2.11. The summed E-state index contributed by atoms with van der Waals surface area (Å²) in [5.41, 5.74) is 1.12. The van der Waals surface area contributed by atoms with Crippen LogP contribution < -0.4 is 20.7 Å². The minimum atomic E-state index is -0.530. The number of nitrogens with one attached hydrogen (secondary N) is 3. The maximum Gasteiger partial charge on any atom is 0.315 e. The highest BCUT2D eigenvalue weighted by atomic mass is 16.5. The Bertz CT molecular complexity index is 518. The van der Waals surface area contributed by atoms with E-state index in [4.69, 9.17) is 4.74 Å². The van der Waals surface area contributed by atoms with E-state index >= 15 is 0 Å². The summed E-state index contributed by atoms with van der Waals surface area (Å²) in [4.78, 5) is 23.6. The zero-order chi connectivity index (χ0) is 17.2. The first-order chi connectivity index (χ1) is 10.9. The van der Waals surface area contributed by atoms with Gasteiger partial charge in [-0.3, -0.25) is 4.79 Å². The number of hydrogen-bond acceptors (Lipinski definition) is 3. The van der Waals surface area contributed by atoms with Crippen LogP contribution in [0.4, 0.5) is 4.79 Å². The number of rotatable bonds is 8. The molecular weight excluding hydrogens is 294 g/mol. The van der Waals surface area contributed by atoms with E-state index in [1.807, 2.05) is 45.0 Å². The summed E-state index contributed by atoms with van der Waals surface area (Å²) in [5.74, 6) is 0.891. The molecule has 1 aromatic carbocycles. The van der Waals surface area contributed by atoms with Crippen LogP contribution in [0.5, 0.6) is 5.75 Å². The number of likely N-dealkylation sites (N-methyl/N-ethyl adjacent to an activating group) is 1. The van der Waals surface area contributed by atoms with Gasteiger partial charge in [0.15, 0.2) is 0 Å². The van der Waals surface area contributed by atoms with Gasteiger partial charge < -0.3 is 20.7 Å². The van der Waals surface area contributed by atoms with E-state index in [1.165, 1.54) is 0 Å². The van der Waals surface area contributed by atoms with Crippen LogP contribution in [0.15, 0.2) is 24.3 Å². The van der Waals surface area contributed by atoms with Gasteiger partial charge >= 0.3 is 6.03 Å².